The summed E-state index contributed by atoms with van der Waals surface area (Å²) >= 11 is 6.25. The highest BCUT2D eigenvalue weighted by Gasteiger charge is 2.39. The molecule has 0 amide bonds. The monoisotopic (exact) mass is 543 g/mol. The Balaban J connectivity index is 1.34. The molecule has 200 valence electrons. The van der Waals surface area contributed by atoms with Gasteiger partial charge in [-0.2, -0.15) is 5.10 Å². The van der Waals surface area contributed by atoms with Crippen LogP contribution in [-0.4, -0.2) is 58.1 Å². The molecule has 1 unspecified atom stereocenters. The summed E-state index contributed by atoms with van der Waals surface area (Å²) in [6, 6.07) is 8.63. The lowest BCUT2D eigenvalue weighted by molar-refractivity contribution is 0.0924. The first-order chi connectivity index (χ1) is 18.8. The lowest BCUT2D eigenvalue weighted by Crippen LogP contribution is -2.49. The van der Waals surface area contributed by atoms with Crippen molar-refractivity contribution in [1.82, 2.24) is 39.0 Å². The lowest BCUT2D eigenvalue weighted by atomic mass is 9.95. The van der Waals surface area contributed by atoms with Gasteiger partial charge in [-0.25, -0.2) is 14.6 Å². The molecule has 1 N–H and O–H groups in total. The number of hydrogen-bond donors (Lipinski definition) is 1. The summed E-state index contributed by atoms with van der Waals surface area (Å²) in [7, 11) is 3.67. The second-order valence-electron chi connectivity index (χ2n) is 10.9. The number of fused-ring (bicyclic) bond motifs is 3. The van der Waals surface area contributed by atoms with E-state index in [4.69, 9.17) is 16.7 Å². The predicted octanol–water partition coefficient (Wildman–Crippen LogP) is 4.23. The number of aromatic nitrogens is 7. The van der Waals surface area contributed by atoms with Crippen molar-refractivity contribution in [2.75, 3.05) is 18.4 Å². The smallest absolute Gasteiger partial charge is 0.259 e. The quantitative estimate of drug-likeness (QED) is 0.320. The van der Waals surface area contributed by atoms with Gasteiger partial charge in [0.05, 0.1) is 17.9 Å². The van der Waals surface area contributed by atoms with Gasteiger partial charge in [0.15, 0.2) is 0 Å². The Hall–Kier alpha value is -3.76. The molecule has 1 saturated heterocycles. The maximum atomic E-state index is 13.7. The number of hydrogen-bond acceptors (Lipinski definition) is 7. The van der Waals surface area contributed by atoms with E-state index < -0.39 is 0 Å². The topological polar surface area (TPSA) is 98.7 Å². The Morgan fingerprint density at radius 3 is 2.62 bits per heavy atom. The highest BCUT2D eigenvalue weighted by atomic mass is 35.5. The fourth-order valence-electron chi connectivity index (χ4n) is 5.90. The third kappa shape index (κ3) is 4.01. The van der Waals surface area contributed by atoms with Crippen molar-refractivity contribution in [1.29, 1.82) is 0 Å². The number of nitrogens with zero attached hydrogens (tertiary/aromatic N) is 8. The average molecular weight is 544 g/mol. The predicted molar refractivity (Wildman–Crippen MR) is 152 cm³/mol. The van der Waals surface area contributed by atoms with E-state index in [1.807, 2.05) is 39.3 Å². The second kappa shape index (κ2) is 8.89. The van der Waals surface area contributed by atoms with Crippen molar-refractivity contribution >= 4 is 39.1 Å². The maximum absolute atomic E-state index is 13.7. The lowest BCUT2D eigenvalue weighted by Gasteiger charge is -2.39. The fraction of sp³-hybridized carbons (Fsp3) is 0.393. The molecule has 1 aliphatic carbocycles. The van der Waals surface area contributed by atoms with Crippen LogP contribution >= 0.6 is 11.6 Å². The Morgan fingerprint density at radius 2 is 1.90 bits per heavy atom. The first kappa shape index (κ1) is 24.3. The third-order valence-electron chi connectivity index (χ3n) is 8.02. The van der Waals surface area contributed by atoms with Gasteiger partial charge in [-0.15, -0.1) is 5.10 Å². The molecule has 5 heterocycles. The molecule has 0 radical (unpaired) electrons. The molecule has 1 aliphatic heterocycles. The number of pyridine rings is 2. The summed E-state index contributed by atoms with van der Waals surface area (Å²) < 4.78 is 5.46. The summed E-state index contributed by atoms with van der Waals surface area (Å²) in [4.78, 5) is 25.1. The van der Waals surface area contributed by atoms with Gasteiger partial charge in [0.2, 0.25) is 5.82 Å². The SMILES string of the molecule is Cc1cc(C(C)Nc2ccc(Cl)nc2-c2ncn(C)n2)c2c(c1)c(=O)n(C)c1c2cnn1C1CN(C2CC2)C1. The van der Waals surface area contributed by atoms with Crippen molar-refractivity contribution in [3.05, 3.63) is 63.4 Å². The van der Waals surface area contributed by atoms with Crippen LogP contribution in [0.1, 0.15) is 43.0 Å². The highest BCUT2D eigenvalue weighted by Crippen LogP contribution is 2.38. The number of likely N-dealkylation sites (tertiary alicyclic amines) is 1. The standard InChI is InChI=1S/C28H30ClN9O/c1-15-9-19(16(2)32-22-7-8-23(29)33-25(22)26-30-14-35(3)34-26)24-20(10-15)28(39)36(4)27-21(24)11-31-38(27)18-12-37(13-18)17-5-6-17/h7-11,14,16-18,32H,5-6,12-13H2,1-4H3. The molecule has 0 spiro atoms. The maximum Gasteiger partial charge on any atom is 0.259 e. The van der Waals surface area contributed by atoms with Gasteiger partial charge < -0.3 is 5.32 Å². The minimum Gasteiger partial charge on any atom is -0.377 e. The van der Waals surface area contributed by atoms with E-state index in [1.165, 1.54) is 12.8 Å². The minimum atomic E-state index is -0.162. The molecule has 5 aromatic rings. The number of anilines is 1. The van der Waals surface area contributed by atoms with Gasteiger partial charge in [0.1, 0.15) is 22.8 Å². The highest BCUT2D eigenvalue weighted by molar-refractivity contribution is 6.29. The van der Waals surface area contributed by atoms with Crippen molar-refractivity contribution in [2.24, 2.45) is 14.1 Å². The molecule has 11 heteroatoms. The average Bonchev–Trinajstić information content (AvgIpc) is 3.47. The van der Waals surface area contributed by atoms with Crippen LogP contribution < -0.4 is 10.9 Å². The first-order valence-electron chi connectivity index (χ1n) is 13.3. The molecule has 4 aromatic heterocycles. The molecule has 1 aromatic carbocycles. The number of rotatable bonds is 6. The van der Waals surface area contributed by atoms with E-state index in [9.17, 15) is 4.79 Å². The van der Waals surface area contributed by atoms with Gasteiger partial charge in [-0.05, 0) is 56.0 Å². The Labute approximate surface area is 230 Å². The largest absolute Gasteiger partial charge is 0.377 e. The van der Waals surface area contributed by atoms with Crippen LogP contribution in [0.4, 0.5) is 5.69 Å². The van der Waals surface area contributed by atoms with Crippen LogP contribution in [0, 0.1) is 6.92 Å². The van der Waals surface area contributed by atoms with E-state index in [1.54, 1.807) is 21.6 Å². The summed E-state index contributed by atoms with van der Waals surface area (Å²) in [6.45, 7) is 6.09. The molecule has 10 nitrogen and oxygen atoms in total. The number of aryl methyl sites for hydroxylation is 3. The van der Waals surface area contributed by atoms with Gasteiger partial charge >= 0.3 is 0 Å². The Bertz CT molecular complexity index is 1810. The van der Waals surface area contributed by atoms with Gasteiger partial charge in [0.25, 0.3) is 5.56 Å². The van der Waals surface area contributed by atoms with E-state index in [0.29, 0.717) is 22.1 Å². The molecule has 7 rings (SSSR count). The van der Waals surface area contributed by atoms with Crippen molar-refractivity contribution in [3.8, 4) is 11.5 Å². The Morgan fingerprint density at radius 1 is 1.10 bits per heavy atom. The molecule has 2 aliphatic rings. The summed E-state index contributed by atoms with van der Waals surface area (Å²) in [5.74, 6) is 0.488. The second-order valence-corrected chi connectivity index (χ2v) is 11.3. The molecule has 1 saturated carbocycles. The van der Waals surface area contributed by atoms with Crippen LogP contribution in [0.2, 0.25) is 5.15 Å². The van der Waals surface area contributed by atoms with E-state index in [0.717, 1.165) is 52.4 Å². The van der Waals surface area contributed by atoms with Crippen LogP contribution in [0.25, 0.3) is 33.3 Å². The van der Waals surface area contributed by atoms with Crippen molar-refractivity contribution < 1.29 is 0 Å². The van der Waals surface area contributed by atoms with Gasteiger partial charge in [-0.1, -0.05) is 17.7 Å². The van der Waals surface area contributed by atoms with Crippen LogP contribution in [-0.2, 0) is 14.1 Å². The molecular weight excluding hydrogens is 514 g/mol. The first-order valence-corrected chi connectivity index (χ1v) is 13.7. The normalized spacial score (nSPS) is 17.2. The number of halogens is 1. The summed E-state index contributed by atoms with van der Waals surface area (Å²) in [5.41, 5.74) is 4.24. The molecule has 0 bridgehead atoms. The molecule has 2 fully saturated rings. The zero-order chi connectivity index (χ0) is 27.0. The van der Waals surface area contributed by atoms with Crippen molar-refractivity contribution in [2.45, 2.75) is 44.8 Å². The van der Waals surface area contributed by atoms with Crippen LogP contribution in [0.3, 0.4) is 0 Å². The minimum absolute atomic E-state index is 0.0127. The van der Waals surface area contributed by atoms with Gasteiger partial charge in [-0.3, -0.25) is 18.9 Å². The molecular formula is C28H30ClN9O. The van der Waals surface area contributed by atoms with Crippen LogP contribution in [0.5, 0.6) is 0 Å². The Kier molecular flexibility index (Phi) is 5.54. The van der Waals surface area contributed by atoms with Gasteiger partial charge in [0, 0.05) is 55.4 Å². The third-order valence-corrected chi connectivity index (χ3v) is 8.23. The zero-order valence-corrected chi connectivity index (χ0v) is 23.1. The summed E-state index contributed by atoms with van der Waals surface area (Å²) in [6.07, 6.45) is 6.15. The van der Waals surface area contributed by atoms with Crippen molar-refractivity contribution in [3.63, 3.8) is 0 Å². The van der Waals surface area contributed by atoms with E-state index in [2.05, 4.69) is 43.0 Å². The fourth-order valence-corrected chi connectivity index (χ4v) is 6.04. The number of nitrogens with one attached hydrogen (secondary N) is 1. The summed E-state index contributed by atoms with van der Waals surface area (Å²) in [5, 5.41) is 15.8. The van der Waals surface area contributed by atoms with Crippen LogP contribution in [0.15, 0.2) is 41.6 Å². The van der Waals surface area contributed by atoms with E-state index >= 15 is 0 Å². The molecule has 39 heavy (non-hydrogen) atoms. The zero-order valence-electron chi connectivity index (χ0n) is 22.4. The number of benzene rings is 1. The molecule has 1 atom stereocenters. The van der Waals surface area contributed by atoms with E-state index in [-0.39, 0.29) is 17.6 Å².